The van der Waals surface area contributed by atoms with Gasteiger partial charge in [0.05, 0.1) is 0 Å². The monoisotopic (exact) mass is 325 g/mol. The normalized spacial score (nSPS) is 11.8. The van der Waals surface area contributed by atoms with Crippen molar-refractivity contribution in [1.82, 2.24) is 15.5 Å². The van der Waals surface area contributed by atoms with Crippen LogP contribution in [0.25, 0.3) is 0 Å². The molecular formula is C16H27N3O4. The quantitative estimate of drug-likeness (QED) is 0.477. The smallest absolute Gasteiger partial charge is 0.317 e. The zero-order valence-corrected chi connectivity index (χ0v) is 13.8. The van der Waals surface area contributed by atoms with E-state index in [4.69, 9.17) is 9.84 Å². The molecule has 0 spiro atoms. The van der Waals surface area contributed by atoms with Crippen LogP contribution in [0, 0.1) is 0 Å². The Kier molecular flexibility index (Phi) is 8.86. The predicted octanol–water partition coefficient (Wildman–Crippen LogP) is 0.773. The fourth-order valence-electron chi connectivity index (χ4n) is 1.94. The topological polar surface area (TPSA) is 94.1 Å². The Morgan fingerprint density at radius 3 is 2.48 bits per heavy atom. The van der Waals surface area contributed by atoms with Crippen LogP contribution in [0.3, 0.4) is 0 Å². The Labute approximate surface area is 137 Å². The van der Waals surface area contributed by atoms with E-state index in [1.165, 1.54) is 12.1 Å². The van der Waals surface area contributed by atoms with Crippen molar-refractivity contribution in [3.05, 3.63) is 24.3 Å². The van der Waals surface area contributed by atoms with Crippen molar-refractivity contribution >= 4 is 6.03 Å². The van der Waals surface area contributed by atoms with E-state index in [1.54, 1.807) is 17.0 Å². The summed E-state index contributed by atoms with van der Waals surface area (Å²) in [6, 6.07) is 6.25. The molecule has 1 unspecified atom stereocenters. The van der Waals surface area contributed by atoms with Crippen LogP contribution in [0.15, 0.2) is 24.3 Å². The van der Waals surface area contributed by atoms with Crippen LogP contribution in [0.4, 0.5) is 4.79 Å². The van der Waals surface area contributed by atoms with Crippen molar-refractivity contribution in [1.29, 1.82) is 0 Å². The molecule has 0 radical (unpaired) electrons. The first-order valence-corrected chi connectivity index (χ1v) is 7.90. The molecule has 0 aliphatic heterocycles. The van der Waals surface area contributed by atoms with E-state index in [0.717, 1.165) is 0 Å². The molecule has 1 aromatic carbocycles. The summed E-state index contributed by atoms with van der Waals surface area (Å²) >= 11 is 0. The second-order valence-electron chi connectivity index (χ2n) is 5.07. The maximum absolute atomic E-state index is 11.7. The summed E-state index contributed by atoms with van der Waals surface area (Å²) in [5.41, 5.74) is 0. The Bertz CT molecular complexity index is 449. The van der Waals surface area contributed by atoms with E-state index in [2.05, 4.69) is 10.6 Å². The average Bonchev–Trinajstić information content (AvgIpc) is 2.55. The number of hydrogen-bond donors (Lipinski definition) is 4. The molecule has 0 aromatic heterocycles. The Morgan fingerprint density at radius 2 is 1.87 bits per heavy atom. The standard InChI is InChI=1S/C16H27N3O4/c1-3-19(4-2)16(22)18-10-9-17-11-14(21)12-23-15-7-5-13(20)6-8-15/h5-8,14,17,20-21H,3-4,9-12H2,1-2H3,(H,18,22). The summed E-state index contributed by atoms with van der Waals surface area (Å²) in [6.07, 6.45) is -0.651. The maximum Gasteiger partial charge on any atom is 0.317 e. The molecular weight excluding hydrogens is 298 g/mol. The molecule has 0 saturated heterocycles. The number of ether oxygens (including phenoxy) is 1. The fourth-order valence-corrected chi connectivity index (χ4v) is 1.94. The molecule has 2 amide bonds. The summed E-state index contributed by atoms with van der Waals surface area (Å²) in [6.45, 7) is 6.84. The molecule has 23 heavy (non-hydrogen) atoms. The Hall–Kier alpha value is -1.99. The molecule has 7 heteroatoms. The highest BCUT2D eigenvalue weighted by Crippen LogP contribution is 2.15. The lowest BCUT2D eigenvalue weighted by molar-refractivity contribution is 0.106. The molecule has 0 aliphatic carbocycles. The number of amides is 2. The van der Waals surface area contributed by atoms with Gasteiger partial charge in [-0.2, -0.15) is 0 Å². The number of urea groups is 1. The number of aliphatic hydroxyl groups is 1. The van der Waals surface area contributed by atoms with Gasteiger partial charge >= 0.3 is 6.03 Å². The molecule has 0 heterocycles. The average molecular weight is 325 g/mol. The number of carbonyl (C=O) groups excluding carboxylic acids is 1. The lowest BCUT2D eigenvalue weighted by atomic mass is 10.3. The number of hydrogen-bond acceptors (Lipinski definition) is 5. The molecule has 1 aromatic rings. The summed E-state index contributed by atoms with van der Waals surface area (Å²) in [7, 11) is 0. The number of aliphatic hydroxyl groups excluding tert-OH is 1. The largest absolute Gasteiger partial charge is 0.508 e. The lowest BCUT2D eigenvalue weighted by Crippen LogP contribution is -2.43. The van der Waals surface area contributed by atoms with Crippen molar-refractivity contribution in [2.45, 2.75) is 20.0 Å². The minimum atomic E-state index is -0.651. The van der Waals surface area contributed by atoms with Crippen molar-refractivity contribution in [3.8, 4) is 11.5 Å². The van der Waals surface area contributed by atoms with Gasteiger partial charge in [0.25, 0.3) is 0 Å². The predicted molar refractivity (Wildman–Crippen MR) is 88.8 cm³/mol. The van der Waals surface area contributed by atoms with Crippen molar-refractivity contribution in [2.24, 2.45) is 0 Å². The van der Waals surface area contributed by atoms with E-state index in [0.29, 0.717) is 38.5 Å². The molecule has 0 saturated carbocycles. The van der Waals surface area contributed by atoms with E-state index < -0.39 is 6.10 Å². The van der Waals surface area contributed by atoms with E-state index in [1.807, 2.05) is 13.8 Å². The zero-order valence-electron chi connectivity index (χ0n) is 13.8. The third-order valence-corrected chi connectivity index (χ3v) is 3.29. The summed E-state index contributed by atoms with van der Waals surface area (Å²) in [4.78, 5) is 13.4. The van der Waals surface area contributed by atoms with Gasteiger partial charge in [-0.25, -0.2) is 4.79 Å². The molecule has 0 fully saturated rings. The van der Waals surface area contributed by atoms with Crippen LogP contribution in [0.5, 0.6) is 11.5 Å². The van der Waals surface area contributed by atoms with Crippen LogP contribution in [-0.2, 0) is 0 Å². The first-order chi connectivity index (χ1) is 11.1. The molecule has 7 nitrogen and oxygen atoms in total. The second-order valence-corrected chi connectivity index (χ2v) is 5.07. The van der Waals surface area contributed by atoms with Gasteiger partial charge in [-0.1, -0.05) is 0 Å². The fraction of sp³-hybridized carbons (Fsp3) is 0.562. The van der Waals surface area contributed by atoms with Gasteiger partial charge in [-0.05, 0) is 38.1 Å². The minimum Gasteiger partial charge on any atom is -0.508 e. The number of nitrogens with zero attached hydrogens (tertiary/aromatic N) is 1. The van der Waals surface area contributed by atoms with Crippen LogP contribution in [-0.4, -0.2) is 66.6 Å². The second kappa shape index (κ2) is 10.7. The van der Waals surface area contributed by atoms with Gasteiger partial charge in [-0.15, -0.1) is 0 Å². The number of carbonyl (C=O) groups is 1. The van der Waals surface area contributed by atoms with Gasteiger partial charge in [0, 0.05) is 32.7 Å². The van der Waals surface area contributed by atoms with Gasteiger partial charge < -0.3 is 30.5 Å². The third-order valence-electron chi connectivity index (χ3n) is 3.29. The van der Waals surface area contributed by atoms with Gasteiger partial charge in [0.15, 0.2) is 0 Å². The number of phenols is 1. The van der Waals surface area contributed by atoms with Crippen molar-refractivity contribution in [3.63, 3.8) is 0 Å². The van der Waals surface area contributed by atoms with Crippen LogP contribution < -0.4 is 15.4 Å². The number of nitrogens with one attached hydrogen (secondary N) is 2. The molecule has 130 valence electrons. The number of phenolic OH excluding ortho intramolecular Hbond substituents is 1. The van der Waals surface area contributed by atoms with Crippen LogP contribution >= 0.6 is 0 Å². The van der Waals surface area contributed by atoms with E-state index >= 15 is 0 Å². The van der Waals surface area contributed by atoms with Crippen molar-refractivity contribution in [2.75, 3.05) is 39.3 Å². The van der Waals surface area contributed by atoms with E-state index in [9.17, 15) is 9.90 Å². The summed E-state index contributed by atoms with van der Waals surface area (Å²) in [5, 5.41) is 24.8. The summed E-state index contributed by atoms with van der Waals surface area (Å²) in [5.74, 6) is 0.764. The van der Waals surface area contributed by atoms with Crippen LogP contribution in [0.1, 0.15) is 13.8 Å². The maximum atomic E-state index is 11.7. The zero-order chi connectivity index (χ0) is 17.1. The number of rotatable bonds is 10. The SMILES string of the molecule is CCN(CC)C(=O)NCCNCC(O)COc1ccc(O)cc1. The van der Waals surface area contributed by atoms with Crippen LogP contribution in [0.2, 0.25) is 0 Å². The molecule has 1 rings (SSSR count). The minimum absolute atomic E-state index is 0.0759. The first kappa shape index (κ1) is 19.1. The van der Waals surface area contributed by atoms with E-state index in [-0.39, 0.29) is 18.4 Å². The summed E-state index contributed by atoms with van der Waals surface area (Å²) < 4.78 is 5.40. The molecule has 4 N–H and O–H groups in total. The highest BCUT2D eigenvalue weighted by atomic mass is 16.5. The highest BCUT2D eigenvalue weighted by Gasteiger charge is 2.08. The third kappa shape index (κ3) is 7.71. The Morgan fingerprint density at radius 1 is 1.22 bits per heavy atom. The van der Waals surface area contributed by atoms with Crippen molar-refractivity contribution < 1.29 is 19.7 Å². The Balaban J connectivity index is 2.09. The highest BCUT2D eigenvalue weighted by molar-refractivity contribution is 5.74. The molecule has 1 atom stereocenters. The van der Waals surface area contributed by atoms with Gasteiger partial charge in [-0.3, -0.25) is 0 Å². The molecule has 0 aliphatic rings. The van der Waals surface area contributed by atoms with Gasteiger partial charge in [0.1, 0.15) is 24.2 Å². The first-order valence-electron chi connectivity index (χ1n) is 7.90. The molecule has 0 bridgehead atoms. The lowest BCUT2D eigenvalue weighted by Gasteiger charge is -2.19. The van der Waals surface area contributed by atoms with Gasteiger partial charge in [0.2, 0.25) is 0 Å². The number of aromatic hydroxyl groups is 1. The number of benzene rings is 1.